The molecule has 0 saturated heterocycles. The highest BCUT2D eigenvalue weighted by Gasteiger charge is 2.59. The normalized spacial score (nSPS) is 49.2. The lowest BCUT2D eigenvalue weighted by Crippen LogP contribution is -2.53. The predicted octanol–water partition coefficient (Wildman–Crippen LogP) is 4.11. The second kappa shape index (κ2) is 6.90. The van der Waals surface area contributed by atoms with Crippen LogP contribution in [0, 0.1) is 46.8 Å². The van der Waals surface area contributed by atoms with Gasteiger partial charge in [-0.15, -0.1) is 5.10 Å². The van der Waals surface area contributed by atoms with E-state index < -0.39 is 5.60 Å². The van der Waals surface area contributed by atoms with Crippen molar-refractivity contribution in [2.45, 2.75) is 84.3 Å². The van der Waals surface area contributed by atoms with E-state index in [4.69, 9.17) is 0 Å². The Morgan fingerprint density at radius 1 is 1.14 bits per heavy atom. The summed E-state index contributed by atoms with van der Waals surface area (Å²) in [6.45, 7) is 7.10. The first-order valence-electron chi connectivity index (χ1n) is 11.9. The van der Waals surface area contributed by atoms with Gasteiger partial charge in [-0.1, -0.05) is 19.1 Å². The molecule has 0 aromatic carbocycles. The monoisotopic (exact) mass is 399 g/mol. The number of hydrogen-bond donors (Lipinski definition) is 1. The standard InChI is InChI=1S/C24H37N3O2/c1-15-12-19-16(13-24(15,3)29)4-5-18-17(19)8-9-23(2)20(18)6-7-21(23)22(28)14-27-11-10-25-26-27/h10-11,15-21,29H,4-9,12-14H2,1-3H3/t15-,16-,17-,18+,19-,20-,21+,23-,24-/m0/s1. The molecule has 4 aliphatic carbocycles. The molecule has 0 unspecified atom stereocenters. The van der Waals surface area contributed by atoms with Crippen LogP contribution >= 0.6 is 0 Å². The molecule has 0 aliphatic heterocycles. The minimum Gasteiger partial charge on any atom is -0.390 e. The molecule has 5 nitrogen and oxygen atoms in total. The van der Waals surface area contributed by atoms with E-state index in [-0.39, 0.29) is 11.3 Å². The van der Waals surface area contributed by atoms with Gasteiger partial charge in [0.25, 0.3) is 0 Å². The van der Waals surface area contributed by atoms with Crippen LogP contribution in [0.15, 0.2) is 12.4 Å². The molecule has 4 fully saturated rings. The van der Waals surface area contributed by atoms with Gasteiger partial charge in [-0.2, -0.15) is 0 Å². The Balaban J connectivity index is 1.33. The summed E-state index contributed by atoms with van der Waals surface area (Å²) in [4.78, 5) is 13.2. The van der Waals surface area contributed by atoms with Crippen molar-refractivity contribution in [3.05, 3.63) is 12.4 Å². The van der Waals surface area contributed by atoms with Crippen LogP contribution in [0.5, 0.6) is 0 Å². The highest BCUT2D eigenvalue weighted by molar-refractivity contribution is 5.82. The zero-order valence-corrected chi connectivity index (χ0v) is 18.3. The molecule has 9 atom stereocenters. The summed E-state index contributed by atoms with van der Waals surface area (Å²) < 4.78 is 1.69. The van der Waals surface area contributed by atoms with Crippen molar-refractivity contribution >= 4 is 5.78 Å². The van der Waals surface area contributed by atoms with E-state index in [1.807, 2.05) is 0 Å². The molecule has 0 spiro atoms. The van der Waals surface area contributed by atoms with Crippen LogP contribution in [0.4, 0.5) is 0 Å². The lowest BCUT2D eigenvalue weighted by Gasteiger charge is -2.58. The minimum atomic E-state index is -0.483. The summed E-state index contributed by atoms with van der Waals surface area (Å²) in [5.41, 5.74) is -0.319. The highest BCUT2D eigenvalue weighted by atomic mass is 16.3. The second-order valence-corrected chi connectivity index (χ2v) is 11.4. The molecular formula is C24H37N3O2. The van der Waals surface area contributed by atoms with E-state index in [0.717, 1.165) is 30.6 Å². The van der Waals surface area contributed by atoms with Gasteiger partial charge in [-0.3, -0.25) is 4.79 Å². The number of Topliss-reactive ketones (excluding diaryl/α,β-unsaturated/α-hetero) is 1. The Kier molecular flexibility index (Phi) is 4.69. The molecule has 4 saturated carbocycles. The maximum atomic E-state index is 13.2. The van der Waals surface area contributed by atoms with Crippen molar-refractivity contribution in [1.82, 2.24) is 15.0 Å². The second-order valence-electron chi connectivity index (χ2n) is 11.4. The fraction of sp³-hybridized carbons (Fsp3) is 0.875. The highest BCUT2D eigenvalue weighted by Crippen LogP contribution is 2.65. The van der Waals surface area contributed by atoms with E-state index in [2.05, 4.69) is 31.1 Å². The lowest BCUT2D eigenvalue weighted by atomic mass is 9.48. The summed E-state index contributed by atoms with van der Waals surface area (Å²) in [5.74, 6) is 4.73. The van der Waals surface area contributed by atoms with Gasteiger partial charge >= 0.3 is 0 Å². The molecule has 1 heterocycles. The molecule has 1 aromatic rings. The van der Waals surface area contributed by atoms with E-state index >= 15 is 0 Å². The van der Waals surface area contributed by atoms with Gasteiger partial charge in [0.05, 0.1) is 11.8 Å². The zero-order valence-electron chi connectivity index (χ0n) is 18.3. The number of carbonyl (C=O) groups is 1. The van der Waals surface area contributed by atoms with Gasteiger partial charge < -0.3 is 5.11 Å². The largest absolute Gasteiger partial charge is 0.390 e. The number of nitrogens with zero attached hydrogens (tertiary/aromatic N) is 3. The van der Waals surface area contributed by atoms with Crippen LogP contribution < -0.4 is 0 Å². The molecule has 1 aromatic heterocycles. The average molecular weight is 400 g/mol. The smallest absolute Gasteiger partial charge is 0.157 e. The third-order valence-electron chi connectivity index (χ3n) is 10.1. The number of rotatable bonds is 3. The Morgan fingerprint density at radius 3 is 2.72 bits per heavy atom. The van der Waals surface area contributed by atoms with Crippen LogP contribution in [0.1, 0.15) is 72.1 Å². The van der Waals surface area contributed by atoms with Crippen LogP contribution in [0.2, 0.25) is 0 Å². The summed E-state index contributed by atoms with van der Waals surface area (Å²) >= 11 is 0. The average Bonchev–Trinajstić information content (AvgIpc) is 3.29. The maximum absolute atomic E-state index is 13.2. The van der Waals surface area contributed by atoms with Crippen LogP contribution in [0.3, 0.4) is 0 Å². The number of carbonyl (C=O) groups excluding carboxylic acids is 1. The fourth-order valence-corrected chi connectivity index (χ4v) is 8.36. The molecule has 5 rings (SSSR count). The third kappa shape index (κ3) is 3.10. The Hall–Kier alpha value is -1.23. The topological polar surface area (TPSA) is 68.0 Å². The Bertz CT molecular complexity index is 760. The molecule has 160 valence electrons. The van der Waals surface area contributed by atoms with Gasteiger partial charge in [0, 0.05) is 12.1 Å². The first-order chi connectivity index (χ1) is 13.8. The molecule has 5 heteroatoms. The minimum absolute atomic E-state index is 0.164. The number of aromatic nitrogens is 3. The van der Waals surface area contributed by atoms with Crippen LogP contribution in [0.25, 0.3) is 0 Å². The van der Waals surface area contributed by atoms with Crippen molar-refractivity contribution < 1.29 is 9.90 Å². The van der Waals surface area contributed by atoms with Gasteiger partial charge in [-0.05, 0) is 99.2 Å². The van der Waals surface area contributed by atoms with Gasteiger partial charge in [-0.25, -0.2) is 4.68 Å². The maximum Gasteiger partial charge on any atom is 0.157 e. The van der Waals surface area contributed by atoms with Crippen LogP contribution in [-0.4, -0.2) is 31.5 Å². The summed E-state index contributed by atoms with van der Waals surface area (Å²) in [6.07, 6.45) is 13.0. The molecule has 0 amide bonds. The van der Waals surface area contributed by atoms with Gasteiger partial charge in [0.2, 0.25) is 0 Å². The number of ketones is 1. The number of fused-ring (bicyclic) bond motifs is 5. The first-order valence-corrected chi connectivity index (χ1v) is 11.9. The predicted molar refractivity (Wildman–Crippen MR) is 111 cm³/mol. The zero-order chi connectivity index (χ0) is 20.4. The first kappa shape index (κ1) is 19.7. The Morgan fingerprint density at radius 2 is 1.97 bits per heavy atom. The molecule has 29 heavy (non-hydrogen) atoms. The van der Waals surface area contributed by atoms with Gasteiger partial charge in [0.15, 0.2) is 5.78 Å². The quantitative estimate of drug-likeness (QED) is 0.830. The van der Waals surface area contributed by atoms with Crippen molar-refractivity contribution in [2.75, 3.05) is 0 Å². The van der Waals surface area contributed by atoms with Crippen molar-refractivity contribution in [2.24, 2.45) is 46.8 Å². The summed E-state index contributed by atoms with van der Waals surface area (Å²) in [5, 5.41) is 18.7. The van der Waals surface area contributed by atoms with Crippen molar-refractivity contribution in [1.29, 1.82) is 0 Å². The SMILES string of the molecule is C[C@H]1C[C@H]2[C@@H](CC[C@@H]3[C@@H]2CC[C@]2(C)[C@@H](C(=O)Cn4ccnn4)CC[C@@H]32)C[C@]1(C)O. The fourth-order valence-electron chi connectivity index (χ4n) is 8.36. The molecule has 4 aliphatic rings. The van der Waals surface area contributed by atoms with E-state index in [9.17, 15) is 9.90 Å². The molecule has 0 bridgehead atoms. The van der Waals surface area contributed by atoms with Crippen LogP contribution in [-0.2, 0) is 11.3 Å². The lowest BCUT2D eigenvalue weighted by molar-refractivity contribution is -0.137. The van der Waals surface area contributed by atoms with Crippen molar-refractivity contribution in [3.8, 4) is 0 Å². The summed E-state index contributed by atoms with van der Waals surface area (Å²) in [6, 6.07) is 0. The summed E-state index contributed by atoms with van der Waals surface area (Å²) in [7, 11) is 0. The number of hydrogen-bond acceptors (Lipinski definition) is 4. The molecular weight excluding hydrogens is 362 g/mol. The van der Waals surface area contributed by atoms with Gasteiger partial charge in [0.1, 0.15) is 6.54 Å². The van der Waals surface area contributed by atoms with E-state index in [1.54, 1.807) is 17.1 Å². The number of aliphatic hydroxyl groups is 1. The van der Waals surface area contributed by atoms with Crippen molar-refractivity contribution in [3.63, 3.8) is 0 Å². The molecule has 1 N–H and O–H groups in total. The molecule has 0 radical (unpaired) electrons. The Labute approximate surface area is 174 Å². The third-order valence-corrected chi connectivity index (χ3v) is 10.1. The van der Waals surface area contributed by atoms with E-state index in [0.29, 0.717) is 30.1 Å². The van der Waals surface area contributed by atoms with E-state index in [1.165, 1.54) is 38.5 Å².